The summed E-state index contributed by atoms with van der Waals surface area (Å²) in [6.45, 7) is 3.12. The normalized spacial score (nSPS) is 12.9. The summed E-state index contributed by atoms with van der Waals surface area (Å²) >= 11 is 5.52. The van der Waals surface area contributed by atoms with Crippen molar-refractivity contribution in [2.75, 3.05) is 13.1 Å². The van der Waals surface area contributed by atoms with Gasteiger partial charge < -0.3 is 10.4 Å². The minimum atomic E-state index is -0.693. The Morgan fingerprint density at radius 1 is 1.57 bits per heavy atom. The summed E-state index contributed by atoms with van der Waals surface area (Å²) in [6.07, 6.45) is -0.693. The topological polar surface area (TPSA) is 32.3 Å². The summed E-state index contributed by atoms with van der Waals surface area (Å²) in [5.41, 5.74) is 0.535. The zero-order valence-corrected chi connectivity index (χ0v) is 8.68. The molecule has 0 aromatic heterocycles. The largest absolute Gasteiger partial charge is 0.387 e. The third-order valence-corrected chi connectivity index (χ3v) is 2.22. The van der Waals surface area contributed by atoms with E-state index in [2.05, 4.69) is 5.32 Å². The fraction of sp³-hybridized carbons (Fsp3) is 0.400. The van der Waals surface area contributed by atoms with Crippen molar-refractivity contribution in [1.82, 2.24) is 5.32 Å². The van der Waals surface area contributed by atoms with E-state index in [0.29, 0.717) is 12.1 Å². The van der Waals surface area contributed by atoms with Gasteiger partial charge in [-0.05, 0) is 24.2 Å². The Kier molecular flexibility index (Phi) is 4.32. The van der Waals surface area contributed by atoms with Crippen LogP contribution in [0.25, 0.3) is 0 Å². The molecule has 2 N–H and O–H groups in total. The van der Waals surface area contributed by atoms with Gasteiger partial charge in [-0.1, -0.05) is 24.6 Å². The van der Waals surface area contributed by atoms with Crippen LogP contribution in [0.1, 0.15) is 18.6 Å². The van der Waals surface area contributed by atoms with Crippen molar-refractivity contribution in [3.05, 3.63) is 34.6 Å². The molecule has 0 aliphatic carbocycles. The van der Waals surface area contributed by atoms with E-state index in [0.717, 1.165) is 6.54 Å². The van der Waals surface area contributed by atoms with Crippen molar-refractivity contribution in [3.63, 3.8) is 0 Å². The molecular formula is C10H13ClFNO. The molecule has 4 heteroatoms. The standard InChI is InChI=1S/C10H13ClFNO/c1-2-13-6-10(14)7-3-4-8(11)9(12)5-7/h3-5,10,13-14H,2,6H2,1H3. The van der Waals surface area contributed by atoms with Gasteiger partial charge in [0.15, 0.2) is 0 Å². The Balaban J connectivity index is 2.70. The molecule has 0 radical (unpaired) electrons. The van der Waals surface area contributed by atoms with Crippen LogP contribution in [0.15, 0.2) is 18.2 Å². The lowest BCUT2D eigenvalue weighted by Gasteiger charge is -2.11. The lowest BCUT2D eigenvalue weighted by Crippen LogP contribution is -2.20. The number of hydrogen-bond donors (Lipinski definition) is 2. The molecule has 0 saturated heterocycles. The second-order valence-corrected chi connectivity index (χ2v) is 3.40. The Morgan fingerprint density at radius 3 is 2.86 bits per heavy atom. The molecule has 0 heterocycles. The lowest BCUT2D eigenvalue weighted by molar-refractivity contribution is 0.175. The van der Waals surface area contributed by atoms with Crippen molar-refractivity contribution in [1.29, 1.82) is 0 Å². The highest BCUT2D eigenvalue weighted by molar-refractivity contribution is 6.30. The SMILES string of the molecule is CCNCC(O)c1ccc(Cl)c(F)c1. The zero-order chi connectivity index (χ0) is 10.6. The Hall–Kier alpha value is -0.640. The molecule has 1 atom stereocenters. The predicted octanol–water partition coefficient (Wildman–Crippen LogP) is 2.12. The maximum absolute atomic E-state index is 13.0. The van der Waals surface area contributed by atoms with E-state index in [1.807, 2.05) is 6.92 Å². The van der Waals surface area contributed by atoms with E-state index < -0.39 is 11.9 Å². The molecule has 0 amide bonds. The smallest absolute Gasteiger partial charge is 0.142 e. The molecule has 1 unspecified atom stereocenters. The fourth-order valence-corrected chi connectivity index (χ4v) is 1.24. The van der Waals surface area contributed by atoms with Crippen LogP contribution < -0.4 is 5.32 Å². The summed E-state index contributed by atoms with van der Waals surface area (Å²) in [6, 6.07) is 4.32. The van der Waals surface area contributed by atoms with Crippen molar-refractivity contribution in [2.24, 2.45) is 0 Å². The molecule has 1 aromatic carbocycles. The molecule has 0 aliphatic heterocycles. The van der Waals surface area contributed by atoms with Crippen molar-refractivity contribution in [2.45, 2.75) is 13.0 Å². The fourth-order valence-electron chi connectivity index (χ4n) is 1.12. The summed E-state index contributed by atoms with van der Waals surface area (Å²) in [4.78, 5) is 0. The van der Waals surface area contributed by atoms with Gasteiger partial charge in [0.05, 0.1) is 11.1 Å². The molecule has 0 bridgehead atoms. The highest BCUT2D eigenvalue weighted by Gasteiger charge is 2.08. The zero-order valence-electron chi connectivity index (χ0n) is 7.93. The molecule has 78 valence electrons. The summed E-state index contributed by atoms with van der Waals surface area (Å²) < 4.78 is 13.0. The van der Waals surface area contributed by atoms with E-state index in [1.165, 1.54) is 12.1 Å². The first kappa shape index (κ1) is 11.4. The molecule has 0 fully saturated rings. The van der Waals surface area contributed by atoms with Gasteiger partial charge in [-0.15, -0.1) is 0 Å². The molecule has 2 nitrogen and oxygen atoms in total. The Labute approximate surface area is 87.7 Å². The van der Waals surface area contributed by atoms with Gasteiger partial charge in [0, 0.05) is 6.54 Å². The number of likely N-dealkylation sites (N-methyl/N-ethyl adjacent to an activating group) is 1. The van der Waals surface area contributed by atoms with Crippen LogP contribution in [0.4, 0.5) is 4.39 Å². The number of rotatable bonds is 4. The number of aliphatic hydroxyl groups excluding tert-OH is 1. The van der Waals surface area contributed by atoms with Gasteiger partial charge in [-0.2, -0.15) is 0 Å². The molecule has 0 aliphatic rings. The number of hydrogen-bond acceptors (Lipinski definition) is 2. The van der Waals surface area contributed by atoms with Gasteiger partial charge in [0.25, 0.3) is 0 Å². The van der Waals surface area contributed by atoms with Crippen LogP contribution >= 0.6 is 11.6 Å². The summed E-state index contributed by atoms with van der Waals surface area (Å²) in [7, 11) is 0. The first-order chi connectivity index (χ1) is 6.65. The monoisotopic (exact) mass is 217 g/mol. The molecule has 1 rings (SSSR count). The summed E-state index contributed by atoms with van der Waals surface area (Å²) in [5.74, 6) is -0.500. The third kappa shape index (κ3) is 2.94. The Morgan fingerprint density at radius 2 is 2.29 bits per heavy atom. The van der Waals surface area contributed by atoms with Crippen molar-refractivity contribution < 1.29 is 9.50 Å². The molecule has 0 spiro atoms. The van der Waals surface area contributed by atoms with E-state index in [4.69, 9.17) is 11.6 Å². The first-order valence-electron chi connectivity index (χ1n) is 4.49. The molecule has 1 aromatic rings. The van der Waals surface area contributed by atoms with Crippen LogP contribution in [0.5, 0.6) is 0 Å². The second kappa shape index (κ2) is 5.29. The quantitative estimate of drug-likeness (QED) is 0.810. The molecule has 14 heavy (non-hydrogen) atoms. The van der Waals surface area contributed by atoms with E-state index in [-0.39, 0.29) is 5.02 Å². The maximum Gasteiger partial charge on any atom is 0.142 e. The van der Waals surface area contributed by atoms with Crippen LogP contribution in [0, 0.1) is 5.82 Å². The van der Waals surface area contributed by atoms with Crippen LogP contribution in [-0.4, -0.2) is 18.2 Å². The second-order valence-electron chi connectivity index (χ2n) is 3.00. The van der Waals surface area contributed by atoms with Gasteiger partial charge in [-0.25, -0.2) is 4.39 Å². The Bertz CT molecular complexity index is 306. The lowest BCUT2D eigenvalue weighted by atomic mass is 10.1. The van der Waals surface area contributed by atoms with E-state index >= 15 is 0 Å². The number of benzene rings is 1. The third-order valence-electron chi connectivity index (χ3n) is 1.92. The van der Waals surface area contributed by atoms with Crippen molar-refractivity contribution in [3.8, 4) is 0 Å². The number of aliphatic hydroxyl groups is 1. The van der Waals surface area contributed by atoms with Gasteiger partial charge in [0.1, 0.15) is 5.82 Å². The average molecular weight is 218 g/mol. The highest BCUT2D eigenvalue weighted by Crippen LogP contribution is 2.19. The maximum atomic E-state index is 13.0. The van der Waals surface area contributed by atoms with Gasteiger partial charge >= 0.3 is 0 Å². The van der Waals surface area contributed by atoms with Crippen LogP contribution in [-0.2, 0) is 0 Å². The minimum absolute atomic E-state index is 0.0735. The molecule has 0 saturated carbocycles. The first-order valence-corrected chi connectivity index (χ1v) is 4.86. The van der Waals surface area contributed by atoms with E-state index in [9.17, 15) is 9.50 Å². The van der Waals surface area contributed by atoms with Crippen LogP contribution in [0.2, 0.25) is 5.02 Å². The summed E-state index contributed by atoms with van der Waals surface area (Å²) in [5, 5.41) is 12.6. The molecular weight excluding hydrogens is 205 g/mol. The predicted molar refractivity (Wildman–Crippen MR) is 54.9 cm³/mol. The average Bonchev–Trinajstić information content (AvgIpc) is 2.18. The van der Waals surface area contributed by atoms with Gasteiger partial charge in [0.2, 0.25) is 0 Å². The minimum Gasteiger partial charge on any atom is -0.387 e. The number of halogens is 2. The van der Waals surface area contributed by atoms with E-state index in [1.54, 1.807) is 6.07 Å². The number of nitrogens with one attached hydrogen (secondary N) is 1. The highest BCUT2D eigenvalue weighted by atomic mass is 35.5. The van der Waals surface area contributed by atoms with Gasteiger partial charge in [-0.3, -0.25) is 0 Å². The van der Waals surface area contributed by atoms with Crippen molar-refractivity contribution >= 4 is 11.6 Å². The van der Waals surface area contributed by atoms with Crippen LogP contribution in [0.3, 0.4) is 0 Å².